The Balaban J connectivity index is 1.71. The van der Waals surface area contributed by atoms with Gasteiger partial charge in [0.05, 0.1) is 6.54 Å². The normalized spacial score (nSPS) is 16.8. The van der Waals surface area contributed by atoms with Gasteiger partial charge >= 0.3 is 0 Å². The quantitative estimate of drug-likeness (QED) is 0.747. The summed E-state index contributed by atoms with van der Waals surface area (Å²) in [5.41, 5.74) is 7.58. The lowest BCUT2D eigenvalue weighted by atomic mass is 10.0. The number of benzene rings is 1. The minimum absolute atomic E-state index is 0.0195. The van der Waals surface area contributed by atoms with E-state index in [-0.39, 0.29) is 17.9 Å². The molecule has 1 aromatic rings. The number of likely N-dealkylation sites (tertiary alicyclic amines) is 1. The van der Waals surface area contributed by atoms with E-state index in [0.717, 1.165) is 44.3 Å². The number of rotatable bonds is 7. The van der Waals surface area contributed by atoms with Gasteiger partial charge in [-0.05, 0) is 38.2 Å². The molecule has 0 bridgehead atoms. The molecule has 24 heavy (non-hydrogen) atoms. The van der Waals surface area contributed by atoms with Crippen molar-refractivity contribution in [1.82, 2.24) is 10.2 Å². The molecule has 1 aliphatic rings. The lowest BCUT2D eigenvalue weighted by Crippen LogP contribution is -2.46. The van der Waals surface area contributed by atoms with E-state index in [1.807, 2.05) is 30.0 Å². The number of amides is 2. The summed E-state index contributed by atoms with van der Waals surface area (Å²) in [6, 6.07) is 10.5. The summed E-state index contributed by atoms with van der Waals surface area (Å²) in [6.07, 6.45) is 5.25. The molecule has 2 rings (SSSR count). The Kier molecular flexibility index (Phi) is 7.00. The minimum Gasteiger partial charge on any atom is -0.369 e. The Labute approximate surface area is 143 Å². The Hall–Kier alpha value is -2.14. The van der Waals surface area contributed by atoms with Crippen molar-refractivity contribution in [2.45, 2.75) is 38.6 Å². The second kappa shape index (κ2) is 9.23. The third-order valence-electron chi connectivity index (χ3n) is 4.34. The number of allylic oxidation sites excluding steroid dienone is 1. The highest BCUT2D eigenvalue weighted by Gasteiger charge is 2.20. The fourth-order valence-corrected chi connectivity index (χ4v) is 2.98. The van der Waals surface area contributed by atoms with Gasteiger partial charge in [0.1, 0.15) is 0 Å². The number of carbonyl (C=O) groups is 2. The van der Waals surface area contributed by atoms with Crippen molar-refractivity contribution in [3.8, 4) is 0 Å². The Bertz CT molecular complexity index is 576. The van der Waals surface area contributed by atoms with Crippen LogP contribution in [0.3, 0.4) is 0 Å². The van der Waals surface area contributed by atoms with Crippen LogP contribution >= 0.6 is 0 Å². The van der Waals surface area contributed by atoms with Gasteiger partial charge in [0.25, 0.3) is 0 Å². The van der Waals surface area contributed by atoms with Crippen LogP contribution in [-0.4, -0.2) is 42.4 Å². The molecule has 5 nitrogen and oxygen atoms in total. The van der Waals surface area contributed by atoms with Gasteiger partial charge in [0, 0.05) is 25.2 Å². The first kappa shape index (κ1) is 18.2. The zero-order valence-electron chi connectivity index (χ0n) is 14.3. The van der Waals surface area contributed by atoms with E-state index >= 15 is 0 Å². The van der Waals surface area contributed by atoms with Crippen LogP contribution in [0.5, 0.6) is 0 Å². The molecule has 130 valence electrons. The fraction of sp³-hybridized carbons (Fsp3) is 0.474. The van der Waals surface area contributed by atoms with E-state index in [4.69, 9.17) is 5.73 Å². The van der Waals surface area contributed by atoms with E-state index < -0.39 is 0 Å². The van der Waals surface area contributed by atoms with Gasteiger partial charge in [-0.2, -0.15) is 0 Å². The molecule has 0 spiro atoms. The third kappa shape index (κ3) is 6.54. The summed E-state index contributed by atoms with van der Waals surface area (Å²) in [6.45, 7) is 3.90. The molecule has 0 aromatic heterocycles. The summed E-state index contributed by atoms with van der Waals surface area (Å²) < 4.78 is 0. The van der Waals surface area contributed by atoms with Crippen LogP contribution in [0, 0.1) is 0 Å². The first-order valence-electron chi connectivity index (χ1n) is 8.55. The van der Waals surface area contributed by atoms with Gasteiger partial charge in [-0.3, -0.25) is 14.5 Å². The van der Waals surface area contributed by atoms with Crippen molar-refractivity contribution < 1.29 is 9.59 Å². The van der Waals surface area contributed by atoms with E-state index in [9.17, 15) is 9.59 Å². The predicted octanol–water partition coefficient (Wildman–Crippen LogP) is 1.63. The zero-order valence-corrected chi connectivity index (χ0v) is 14.3. The van der Waals surface area contributed by atoms with Crippen molar-refractivity contribution in [1.29, 1.82) is 0 Å². The average molecular weight is 329 g/mol. The third-order valence-corrected chi connectivity index (χ3v) is 4.34. The summed E-state index contributed by atoms with van der Waals surface area (Å²) in [4.78, 5) is 25.1. The largest absolute Gasteiger partial charge is 0.369 e. The van der Waals surface area contributed by atoms with E-state index in [2.05, 4.69) is 17.4 Å². The van der Waals surface area contributed by atoms with Crippen LogP contribution in [0.1, 0.15) is 31.7 Å². The van der Waals surface area contributed by atoms with Gasteiger partial charge in [-0.25, -0.2) is 0 Å². The van der Waals surface area contributed by atoms with Gasteiger partial charge in [-0.1, -0.05) is 35.9 Å². The summed E-state index contributed by atoms with van der Waals surface area (Å²) in [7, 11) is 0. The van der Waals surface area contributed by atoms with Crippen molar-refractivity contribution in [3.05, 3.63) is 47.5 Å². The maximum Gasteiger partial charge on any atom is 0.244 e. The Morgan fingerprint density at radius 1 is 1.25 bits per heavy atom. The fourth-order valence-electron chi connectivity index (χ4n) is 2.98. The number of hydrogen-bond acceptors (Lipinski definition) is 3. The molecule has 1 saturated heterocycles. The number of primary amides is 1. The average Bonchev–Trinajstić information content (AvgIpc) is 2.55. The van der Waals surface area contributed by atoms with Crippen LogP contribution in [0.4, 0.5) is 0 Å². The first-order chi connectivity index (χ1) is 11.5. The molecule has 1 aliphatic heterocycles. The number of piperidine rings is 1. The SMILES string of the molecule is CC(=CC(=O)NC1CCN(CC(N)=O)CC1)CCc1ccccc1. The summed E-state index contributed by atoms with van der Waals surface area (Å²) >= 11 is 0. The molecular formula is C19H27N3O2. The first-order valence-corrected chi connectivity index (χ1v) is 8.55. The molecule has 0 unspecified atom stereocenters. The lowest BCUT2D eigenvalue weighted by molar-refractivity contribution is -0.120. The number of hydrogen-bond donors (Lipinski definition) is 2. The Morgan fingerprint density at radius 2 is 1.92 bits per heavy atom. The van der Waals surface area contributed by atoms with Crippen molar-refractivity contribution in [2.24, 2.45) is 5.73 Å². The highest BCUT2D eigenvalue weighted by atomic mass is 16.2. The molecule has 1 heterocycles. The molecule has 0 atom stereocenters. The predicted molar refractivity (Wildman–Crippen MR) is 95.3 cm³/mol. The maximum absolute atomic E-state index is 12.1. The van der Waals surface area contributed by atoms with Crippen molar-refractivity contribution >= 4 is 11.8 Å². The van der Waals surface area contributed by atoms with Crippen LogP contribution in [-0.2, 0) is 16.0 Å². The van der Waals surface area contributed by atoms with Gasteiger partial charge in [0.2, 0.25) is 11.8 Å². The molecule has 0 saturated carbocycles. The second-order valence-electron chi connectivity index (χ2n) is 6.50. The highest BCUT2D eigenvalue weighted by Crippen LogP contribution is 2.11. The van der Waals surface area contributed by atoms with Crippen LogP contribution in [0.25, 0.3) is 0 Å². The Morgan fingerprint density at radius 3 is 2.54 bits per heavy atom. The minimum atomic E-state index is -0.297. The number of nitrogens with zero attached hydrogens (tertiary/aromatic N) is 1. The van der Waals surface area contributed by atoms with E-state index in [1.54, 1.807) is 6.08 Å². The van der Waals surface area contributed by atoms with Gasteiger partial charge in [0.15, 0.2) is 0 Å². The molecule has 2 amide bonds. The lowest BCUT2D eigenvalue weighted by Gasteiger charge is -2.31. The second-order valence-corrected chi connectivity index (χ2v) is 6.50. The molecule has 0 aliphatic carbocycles. The topological polar surface area (TPSA) is 75.4 Å². The molecule has 0 radical (unpaired) electrons. The monoisotopic (exact) mass is 329 g/mol. The molecule has 5 heteroatoms. The number of aryl methyl sites for hydroxylation is 1. The standard InChI is InChI=1S/C19H27N3O2/c1-15(7-8-16-5-3-2-4-6-16)13-19(24)21-17-9-11-22(12-10-17)14-18(20)23/h2-6,13,17H,7-12,14H2,1H3,(H2,20,23)(H,21,24). The molecule has 1 aromatic carbocycles. The molecule has 1 fully saturated rings. The van der Waals surface area contributed by atoms with E-state index in [1.165, 1.54) is 5.56 Å². The van der Waals surface area contributed by atoms with E-state index in [0.29, 0.717) is 6.54 Å². The zero-order chi connectivity index (χ0) is 17.4. The number of nitrogens with two attached hydrogens (primary N) is 1. The van der Waals surface area contributed by atoms with Crippen molar-refractivity contribution in [2.75, 3.05) is 19.6 Å². The summed E-state index contributed by atoms with van der Waals surface area (Å²) in [5.74, 6) is -0.316. The summed E-state index contributed by atoms with van der Waals surface area (Å²) in [5, 5.41) is 3.06. The number of carbonyl (C=O) groups excluding carboxylic acids is 2. The van der Waals surface area contributed by atoms with Crippen LogP contribution < -0.4 is 11.1 Å². The highest BCUT2D eigenvalue weighted by molar-refractivity contribution is 5.88. The van der Waals surface area contributed by atoms with Crippen molar-refractivity contribution in [3.63, 3.8) is 0 Å². The van der Waals surface area contributed by atoms with Crippen LogP contribution in [0.2, 0.25) is 0 Å². The molecular weight excluding hydrogens is 302 g/mol. The van der Waals surface area contributed by atoms with Crippen LogP contribution in [0.15, 0.2) is 42.0 Å². The molecule has 3 N–H and O–H groups in total. The maximum atomic E-state index is 12.1. The van der Waals surface area contributed by atoms with Gasteiger partial charge < -0.3 is 11.1 Å². The number of nitrogens with one attached hydrogen (secondary N) is 1. The smallest absolute Gasteiger partial charge is 0.244 e. The van der Waals surface area contributed by atoms with Gasteiger partial charge in [-0.15, -0.1) is 0 Å².